The van der Waals surface area contributed by atoms with Crippen molar-refractivity contribution in [3.63, 3.8) is 0 Å². The van der Waals surface area contributed by atoms with Gasteiger partial charge in [0.25, 0.3) is 0 Å². The molecular weight excluding hydrogens is 366 g/mol. The second kappa shape index (κ2) is 6.96. The summed E-state index contributed by atoms with van der Waals surface area (Å²) in [5, 5.41) is 3.55. The second-order valence-electron chi connectivity index (χ2n) is 6.22. The van der Waals surface area contributed by atoms with E-state index in [1.807, 2.05) is 41.0 Å². The van der Waals surface area contributed by atoms with Gasteiger partial charge in [-0.05, 0) is 24.3 Å². The number of aromatic nitrogens is 2. The first-order valence-corrected chi connectivity index (χ1v) is 8.84. The molecule has 1 aromatic heterocycles. The van der Waals surface area contributed by atoms with E-state index in [0.717, 1.165) is 16.9 Å². The molecule has 0 aliphatic carbocycles. The van der Waals surface area contributed by atoms with Crippen molar-refractivity contribution >= 4 is 23.3 Å². The first-order chi connectivity index (χ1) is 13.1. The molecule has 1 amide bonds. The Morgan fingerprint density at radius 3 is 2.74 bits per heavy atom. The minimum Gasteiger partial charge on any atom is -0.493 e. The number of carbonyl (C=O) groups excluding carboxylic acids is 1. The highest BCUT2D eigenvalue weighted by Crippen LogP contribution is 2.43. The summed E-state index contributed by atoms with van der Waals surface area (Å²) in [6.07, 6.45) is 1.98. The van der Waals surface area contributed by atoms with Crippen molar-refractivity contribution in [1.82, 2.24) is 9.55 Å². The number of ether oxygens (including phenoxy) is 2. The number of nitrogens with zero attached hydrogens (tertiary/aromatic N) is 2. The van der Waals surface area contributed by atoms with E-state index in [-0.39, 0.29) is 18.2 Å². The molecule has 0 saturated carbocycles. The molecule has 6 nitrogen and oxygen atoms in total. The average molecular weight is 384 g/mol. The smallest absolute Gasteiger partial charge is 0.226 e. The van der Waals surface area contributed by atoms with Crippen LogP contribution in [0, 0.1) is 0 Å². The van der Waals surface area contributed by atoms with Gasteiger partial charge < -0.3 is 14.8 Å². The molecule has 138 valence electrons. The van der Waals surface area contributed by atoms with Crippen LogP contribution in [0.5, 0.6) is 11.5 Å². The van der Waals surface area contributed by atoms with Gasteiger partial charge in [0.05, 0.1) is 19.9 Å². The molecule has 27 heavy (non-hydrogen) atoms. The van der Waals surface area contributed by atoms with Crippen LogP contribution in [0.1, 0.15) is 23.6 Å². The number of benzene rings is 2. The maximum absolute atomic E-state index is 12.5. The highest BCUT2D eigenvalue weighted by Gasteiger charge is 2.33. The molecule has 0 bridgehead atoms. The van der Waals surface area contributed by atoms with Crippen molar-refractivity contribution in [3.8, 4) is 17.2 Å². The van der Waals surface area contributed by atoms with E-state index in [1.165, 1.54) is 0 Å². The minimum atomic E-state index is -0.237. The lowest BCUT2D eigenvalue weighted by molar-refractivity contribution is -0.116. The van der Waals surface area contributed by atoms with E-state index in [4.69, 9.17) is 21.1 Å². The number of hydrogen-bond donors (Lipinski definition) is 1. The number of anilines is 1. The number of carbonyl (C=O) groups is 1. The fraction of sp³-hybridized carbons (Fsp3) is 0.200. The Kier molecular flexibility index (Phi) is 4.49. The second-order valence-corrected chi connectivity index (χ2v) is 6.65. The molecule has 1 aliphatic rings. The van der Waals surface area contributed by atoms with Crippen LogP contribution in [0.2, 0.25) is 5.02 Å². The van der Waals surface area contributed by atoms with Crippen molar-refractivity contribution in [2.24, 2.45) is 0 Å². The van der Waals surface area contributed by atoms with Gasteiger partial charge in [-0.25, -0.2) is 4.98 Å². The lowest BCUT2D eigenvalue weighted by atomic mass is 9.89. The van der Waals surface area contributed by atoms with Crippen LogP contribution in [-0.4, -0.2) is 29.7 Å². The number of hydrogen-bond acceptors (Lipinski definition) is 4. The molecule has 1 atom stereocenters. The number of imidazole rings is 1. The lowest BCUT2D eigenvalue weighted by Gasteiger charge is -2.25. The number of fused-ring (bicyclic) bond motifs is 1. The number of nitrogens with one attached hydrogen (secondary N) is 1. The SMILES string of the molecule is COc1cccc([C@H]2CC(=O)Nc3c2ncn3-c2cccc(Cl)c2)c1OC. The van der Waals surface area contributed by atoms with Gasteiger partial charge in [-0.1, -0.05) is 29.8 Å². The molecule has 4 rings (SSSR count). The van der Waals surface area contributed by atoms with E-state index >= 15 is 0 Å². The summed E-state index contributed by atoms with van der Waals surface area (Å²) in [5.41, 5.74) is 2.47. The maximum atomic E-state index is 12.5. The van der Waals surface area contributed by atoms with Gasteiger partial charge in [-0.2, -0.15) is 0 Å². The van der Waals surface area contributed by atoms with Crippen LogP contribution in [0.25, 0.3) is 5.69 Å². The Bertz CT molecular complexity index is 1020. The summed E-state index contributed by atoms with van der Waals surface area (Å²) in [5.74, 6) is 1.56. The van der Waals surface area contributed by atoms with Gasteiger partial charge >= 0.3 is 0 Å². The van der Waals surface area contributed by atoms with Crippen molar-refractivity contribution < 1.29 is 14.3 Å². The van der Waals surface area contributed by atoms with E-state index in [0.29, 0.717) is 22.3 Å². The molecular formula is C20H18ClN3O3. The third kappa shape index (κ3) is 3.02. The van der Waals surface area contributed by atoms with Gasteiger partial charge in [0.2, 0.25) is 5.91 Å². The molecule has 0 radical (unpaired) electrons. The average Bonchev–Trinajstić information content (AvgIpc) is 3.10. The molecule has 0 fully saturated rings. The summed E-state index contributed by atoms with van der Waals surface area (Å²) < 4.78 is 12.8. The molecule has 1 aliphatic heterocycles. The third-order valence-electron chi connectivity index (χ3n) is 4.67. The first kappa shape index (κ1) is 17.4. The topological polar surface area (TPSA) is 65.4 Å². The molecule has 1 N–H and O–H groups in total. The quantitative estimate of drug-likeness (QED) is 0.739. The molecule has 3 aromatic rings. The Balaban J connectivity index is 1.85. The molecule has 7 heteroatoms. The highest BCUT2D eigenvalue weighted by atomic mass is 35.5. The monoisotopic (exact) mass is 383 g/mol. The lowest BCUT2D eigenvalue weighted by Crippen LogP contribution is -2.25. The Morgan fingerprint density at radius 2 is 2.00 bits per heavy atom. The summed E-state index contributed by atoms with van der Waals surface area (Å²) in [4.78, 5) is 17.1. The summed E-state index contributed by atoms with van der Waals surface area (Å²) in [7, 11) is 3.18. The van der Waals surface area contributed by atoms with Gasteiger partial charge in [-0.3, -0.25) is 9.36 Å². The van der Waals surface area contributed by atoms with E-state index in [9.17, 15) is 4.79 Å². The first-order valence-electron chi connectivity index (χ1n) is 8.46. The zero-order chi connectivity index (χ0) is 19.0. The van der Waals surface area contributed by atoms with E-state index in [2.05, 4.69) is 10.3 Å². The molecule has 0 unspecified atom stereocenters. The van der Waals surface area contributed by atoms with Gasteiger partial charge in [0.1, 0.15) is 12.1 Å². The largest absolute Gasteiger partial charge is 0.493 e. The van der Waals surface area contributed by atoms with Crippen LogP contribution in [0.15, 0.2) is 48.8 Å². The Labute approximate surface area is 161 Å². The molecule has 0 spiro atoms. The minimum absolute atomic E-state index is 0.0823. The van der Waals surface area contributed by atoms with E-state index in [1.54, 1.807) is 26.6 Å². The summed E-state index contributed by atoms with van der Waals surface area (Å²) in [6.45, 7) is 0. The fourth-order valence-corrected chi connectivity index (χ4v) is 3.66. The zero-order valence-corrected chi connectivity index (χ0v) is 15.7. The number of para-hydroxylation sites is 1. The van der Waals surface area contributed by atoms with Crippen LogP contribution < -0.4 is 14.8 Å². The van der Waals surface area contributed by atoms with Crippen LogP contribution in [0.4, 0.5) is 5.82 Å². The third-order valence-corrected chi connectivity index (χ3v) is 4.90. The number of rotatable bonds is 4. The Morgan fingerprint density at radius 1 is 1.19 bits per heavy atom. The van der Waals surface area contributed by atoms with Crippen molar-refractivity contribution in [1.29, 1.82) is 0 Å². The van der Waals surface area contributed by atoms with E-state index < -0.39 is 0 Å². The summed E-state index contributed by atoms with van der Waals surface area (Å²) in [6, 6.07) is 13.1. The van der Waals surface area contributed by atoms with Crippen molar-refractivity contribution in [2.45, 2.75) is 12.3 Å². The van der Waals surface area contributed by atoms with Crippen LogP contribution >= 0.6 is 11.6 Å². The van der Waals surface area contributed by atoms with Crippen LogP contribution in [0.3, 0.4) is 0 Å². The molecule has 2 aromatic carbocycles. The Hall–Kier alpha value is -2.99. The van der Waals surface area contributed by atoms with Gasteiger partial charge in [0, 0.05) is 28.6 Å². The summed E-state index contributed by atoms with van der Waals surface area (Å²) >= 11 is 6.12. The number of amides is 1. The predicted molar refractivity (Wildman–Crippen MR) is 103 cm³/mol. The molecule has 2 heterocycles. The zero-order valence-electron chi connectivity index (χ0n) is 14.9. The normalized spacial score (nSPS) is 15.8. The van der Waals surface area contributed by atoms with Gasteiger partial charge in [-0.15, -0.1) is 0 Å². The van der Waals surface area contributed by atoms with Crippen molar-refractivity contribution in [3.05, 3.63) is 65.1 Å². The highest BCUT2D eigenvalue weighted by molar-refractivity contribution is 6.30. The maximum Gasteiger partial charge on any atom is 0.226 e. The predicted octanol–water partition coefficient (Wildman–Crippen LogP) is 4.02. The standard InChI is InChI=1S/C20H18ClN3O3/c1-26-16-8-4-7-14(19(16)27-2)15-10-17(25)23-20-18(15)22-11-24(20)13-6-3-5-12(21)9-13/h3-9,11,15H,10H2,1-2H3,(H,23,25)/t15-/m1/s1. The number of methoxy groups -OCH3 is 2. The number of halogens is 1. The fourth-order valence-electron chi connectivity index (χ4n) is 3.47. The molecule has 0 saturated heterocycles. The van der Waals surface area contributed by atoms with Crippen molar-refractivity contribution in [2.75, 3.05) is 19.5 Å². The van der Waals surface area contributed by atoms with Crippen LogP contribution in [-0.2, 0) is 4.79 Å². The van der Waals surface area contributed by atoms with Gasteiger partial charge in [0.15, 0.2) is 11.5 Å².